The van der Waals surface area contributed by atoms with Crippen LogP contribution in [-0.4, -0.2) is 41.1 Å². The third-order valence-electron chi connectivity index (χ3n) is 4.87. The van der Waals surface area contributed by atoms with Gasteiger partial charge in [0.05, 0.1) is 13.0 Å². The third kappa shape index (κ3) is 3.84. The van der Waals surface area contributed by atoms with Gasteiger partial charge in [-0.15, -0.1) is 0 Å². The lowest BCUT2D eigenvalue weighted by molar-refractivity contribution is -0.127. The number of hydrogen-bond acceptors (Lipinski definition) is 5. The summed E-state index contributed by atoms with van der Waals surface area (Å²) in [7, 11) is 1.63. The molecule has 1 fully saturated rings. The average Bonchev–Trinajstić information content (AvgIpc) is 3.34. The van der Waals surface area contributed by atoms with Gasteiger partial charge in [0.25, 0.3) is 0 Å². The highest BCUT2D eigenvalue weighted by molar-refractivity contribution is 5.79. The van der Waals surface area contributed by atoms with Crippen molar-refractivity contribution in [1.29, 1.82) is 0 Å². The zero-order chi connectivity index (χ0) is 18.6. The molecule has 1 saturated heterocycles. The van der Waals surface area contributed by atoms with E-state index in [0.29, 0.717) is 31.2 Å². The fourth-order valence-electron chi connectivity index (χ4n) is 3.32. The molecular formula is C21H21N3O3. The Morgan fingerprint density at radius 2 is 1.93 bits per heavy atom. The van der Waals surface area contributed by atoms with E-state index in [1.165, 1.54) is 5.56 Å². The molecule has 0 N–H and O–H groups in total. The number of nitrogens with zero attached hydrogens (tertiary/aromatic N) is 3. The van der Waals surface area contributed by atoms with Crippen molar-refractivity contribution in [3.63, 3.8) is 0 Å². The molecule has 1 unspecified atom stereocenters. The molecular weight excluding hydrogens is 342 g/mol. The van der Waals surface area contributed by atoms with Crippen molar-refractivity contribution >= 4 is 5.91 Å². The van der Waals surface area contributed by atoms with Crippen LogP contribution in [0, 0.1) is 0 Å². The first-order valence-electron chi connectivity index (χ1n) is 9.02. The fraction of sp³-hybridized carbons (Fsp3) is 0.286. The second kappa shape index (κ2) is 7.61. The molecule has 4 rings (SSSR count). The molecule has 1 atom stereocenters. The van der Waals surface area contributed by atoms with Crippen LogP contribution < -0.4 is 4.74 Å². The largest absolute Gasteiger partial charge is 0.497 e. The Balaban J connectivity index is 1.40. The number of carbonyl (C=O) groups is 1. The van der Waals surface area contributed by atoms with Gasteiger partial charge in [-0.3, -0.25) is 4.79 Å². The van der Waals surface area contributed by atoms with Crippen molar-refractivity contribution in [3.8, 4) is 17.1 Å². The van der Waals surface area contributed by atoms with Crippen LogP contribution in [0.5, 0.6) is 5.75 Å². The predicted octanol–water partition coefficient (Wildman–Crippen LogP) is 3.30. The smallest absolute Gasteiger partial charge is 0.232 e. The summed E-state index contributed by atoms with van der Waals surface area (Å²) >= 11 is 0. The molecule has 1 amide bonds. The van der Waals surface area contributed by atoms with Gasteiger partial charge < -0.3 is 14.2 Å². The number of ether oxygens (including phenoxy) is 1. The average molecular weight is 363 g/mol. The van der Waals surface area contributed by atoms with Crippen molar-refractivity contribution in [2.24, 2.45) is 0 Å². The number of carbonyl (C=O) groups excluding carboxylic acids is 1. The minimum atomic E-state index is -0.0484. The molecule has 0 saturated carbocycles. The molecule has 0 spiro atoms. The summed E-state index contributed by atoms with van der Waals surface area (Å²) in [5.41, 5.74) is 2.09. The van der Waals surface area contributed by atoms with Crippen LogP contribution in [0.1, 0.15) is 23.8 Å². The Bertz CT molecular complexity index is 906. The number of methoxy groups -OCH3 is 1. The van der Waals surface area contributed by atoms with Crippen molar-refractivity contribution < 1.29 is 14.1 Å². The molecule has 3 aromatic rings. The minimum Gasteiger partial charge on any atom is -0.497 e. The van der Waals surface area contributed by atoms with Gasteiger partial charge in [0.2, 0.25) is 17.6 Å². The summed E-state index contributed by atoms with van der Waals surface area (Å²) in [6.45, 7) is 1.33. The maximum atomic E-state index is 12.3. The lowest BCUT2D eigenvalue weighted by atomic mass is 10.1. The van der Waals surface area contributed by atoms with E-state index in [-0.39, 0.29) is 11.8 Å². The van der Waals surface area contributed by atoms with Crippen molar-refractivity contribution in [1.82, 2.24) is 15.0 Å². The number of aromatic nitrogens is 2. The minimum absolute atomic E-state index is 0.0484. The van der Waals surface area contributed by atoms with E-state index in [1.54, 1.807) is 7.11 Å². The van der Waals surface area contributed by atoms with E-state index in [0.717, 1.165) is 17.7 Å². The van der Waals surface area contributed by atoms with E-state index in [1.807, 2.05) is 47.4 Å². The molecule has 27 heavy (non-hydrogen) atoms. The van der Waals surface area contributed by atoms with Crippen LogP contribution in [-0.2, 0) is 11.2 Å². The summed E-state index contributed by atoms with van der Waals surface area (Å²) in [5, 5.41) is 4.07. The van der Waals surface area contributed by atoms with E-state index < -0.39 is 0 Å². The van der Waals surface area contributed by atoms with E-state index in [2.05, 4.69) is 22.3 Å². The standard InChI is InChI=1S/C21H21N3O3/c1-26-18-9-7-16(8-10-18)20-22-21(27-23-20)17-13-19(25)24(14-17)12-11-15-5-3-2-4-6-15/h2-10,17H,11-14H2,1H3. The maximum absolute atomic E-state index is 12.3. The van der Waals surface area contributed by atoms with Crippen molar-refractivity contribution in [3.05, 3.63) is 66.1 Å². The summed E-state index contributed by atoms with van der Waals surface area (Å²) in [6.07, 6.45) is 1.26. The number of amides is 1. The van der Waals surface area contributed by atoms with Gasteiger partial charge in [-0.05, 0) is 36.2 Å². The maximum Gasteiger partial charge on any atom is 0.232 e. The normalized spacial score (nSPS) is 16.7. The van der Waals surface area contributed by atoms with Gasteiger partial charge in [-0.2, -0.15) is 4.98 Å². The molecule has 6 nitrogen and oxygen atoms in total. The molecule has 1 aliphatic heterocycles. The van der Waals surface area contributed by atoms with Crippen molar-refractivity contribution in [2.45, 2.75) is 18.8 Å². The van der Waals surface area contributed by atoms with Crippen molar-refractivity contribution in [2.75, 3.05) is 20.2 Å². The number of hydrogen-bond donors (Lipinski definition) is 0. The third-order valence-corrected chi connectivity index (χ3v) is 4.87. The zero-order valence-electron chi connectivity index (χ0n) is 15.2. The summed E-state index contributed by atoms with van der Waals surface area (Å²) < 4.78 is 10.6. The molecule has 2 heterocycles. The zero-order valence-corrected chi connectivity index (χ0v) is 15.2. The molecule has 1 aromatic heterocycles. The van der Waals surface area contributed by atoms with Crippen LogP contribution >= 0.6 is 0 Å². The van der Waals surface area contributed by atoms with Crippen LogP contribution in [0.2, 0.25) is 0 Å². The number of likely N-dealkylation sites (tertiary alicyclic amines) is 1. The van der Waals surface area contributed by atoms with Gasteiger partial charge in [-0.25, -0.2) is 0 Å². The van der Waals surface area contributed by atoms with Crippen LogP contribution in [0.4, 0.5) is 0 Å². The Morgan fingerprint density at radius 1 is 1.15 bits per heavy atom. The second-order valence-corrected chi connectivity index (χ2v) is 6.66. The Labute approximate surface area is 157 Å². The molecule has 0 bridgehead atoms. The Morgan fingerprint density at radius 3 is 2.67 bits per heavy atom. The first-order valence-corrected chi connectivity index (χ1v) is 9.02. The topological polar surface area (TPSA) is 68.5 Å². The highest BCUT2D eigenvalue weighted by Gasteiger charge is 2.34. The highest BCUT2D eigenvalue weighted by Crippen LogP contribution is 2.29. The van der Waals surface area contributed by atoms with E-state index in [9.17, 15) is 4.79 Å². The lowest BCUT2D eigenvalue weighted by Gasteiger charge is -2.15. The Hall–Kier alpha value is -3.15. The van der Waals surface area contributed by atoms with Gasteiger partial charge in [0.15, 0.2) is 0 Å². The first-order chi connectivity index (χ1) is 13.2. The molecule has 0 aliphatic carbocycles. The summed E-state index contributed by atoms with van der Waals surface area (Å²) in [6, 6.07) is 17.7. The fourth-order valence-corrected chi connectivity index (χ4v) is 3.32. The summed E-state index contributed by atoms with van der Waals surface area (Å²) in [5.74, 6) is 1.92. The highest BCUT2D eigenvalue weighted by atomic mass is 16.5. The summed E-state index contributed by atoms with van der Waals surface area (Å²) in [4.78, 5) is 18.7. The van der Waals surface area contributed by atoms with Crippen LogP contribution in [0.3, 0.4) is 0 Å². The van der Waals surface area contributed by atoms with Gasteiger partial charge in [0, 0.05) is 25.1 Å². The molecule has 6 heteroatoms. The lowest BCUT2D eigenvalue weighted by Crippen LogP contribution is -2.27. The van der Waals surface area contributed by atoms with Gasteiger partial charge >= 0.3 is 0 Å². The molecule has 2 aromatic carbocycles. The van der Waals surface area contributed by atoms with Gasteiger partial charge in [-0.1, -0.05) is 35.5 Å². The van der Waals surface area contributed by atoms with Gasteiger partial charge in [0.1, 0.15) is 5.75 Å². The monoisotopic (exact) mass is 363 g/mol. The predicted molar refractivity (Wildman–Crippen MR) is 100 cm³/mol. The second-order valence-electron chi connectivity index (χ2n) is 6.66. The molecule has 1 aliphatic rings. The SMILES string of the molecule is COc1ccc(-c2noc(C3CC(=O)N(CCc4ccccc4)C3)n2)cc1. The van der Waals surface area contributed by atoms with Crippen LogP contribution in [0.15, 0.2) is 59.1 Å². The van der Waals surface area contributed by atoms with E-state index >= 15 is 0 Å². The quantitative estimate of drug-likeness (QED) is 0.672. The first kappa shape index (κ1) is 17.3. The number of rotatable bonds is 6. The number of benzene rings is 2. The molecule has 138 valence electrons. The Kier molecular flexibility index (Phi) is 4.87. The molecule has 0 radical (unpaired) electrons. The van der Waals surface area contributed by atoms with E-state index in [4.69, 9.17) is 9.26 Å². The van der Waals surface area contributed by atoms with Crippen LogP contribution in [0.25, 0.3) is 11.4 Å².